The van der Waals surface area contributed by atoms with Gasteiger partial charge in [-0.1, -0.05) is 12.1 Å². The molecule has 108 valence electrons. The highest BCUT2D eigenvalue weighted by atomic mass is 16.7. The van der Waals surface area contributed by atoms with Crippen molar-refractivity contribution < 1.29 is 18.8 Å². The van der Waals surface area contributed by atoms with Crippen LogP contribution in [0.25, 0.3) is 0 Å². The molecule has 4 nitrogen and oxygen atoms in total. The van der Waals surface area contributed by atoms with E-state index in [0.717, 1.165) is 17.8 Å². The van der Waals surface area contributed by atoms with E-state index in [0.29, 0.717) is 6.61 Å². The minimum absolute atomic E-state index is 0.276. The van der Waals surface area contributed by atoms with Crippen molar-refractivity contribution in [3.05, 3.63) is 24.3 Å². The molecule has 0 aliphatic carbocycles. The predicted molar refractivity (Wildman–Crippen MR) is 77.4 cm³/mol. The van der Waals surface area contributed by atoms with E-state index in [2.05, 4.69) is 27.7 Å². The second-order valence-electron chi connectivity index (χ2n) is 6.42. The summed E-state index contributed by atoms with van der Waals surface area (Å²) in [6.45, 7) is 9.66. The predicted octanol–water partition coefficient (Wildman–Crippen LogP) is 1.76. The van der Waals surface area contributed by atoms with E-state index in [1.165, 1.54) is 0 Å². The normalized spacial score (nSPS) is 26.6. The lowest BCUT2D eigenvalue weighted by Crippen LogP contribution is -2.41. The van der Waals surface area contributed by atoms with E-state index in [9.17, 15) is 0 Å². The van der Waals surface area contributed by atoms with E-state index >= 15 is 0 Å². The van der Waals surface area contributed by atoms with Gasteiger partial charge >= 0.3 is 7.12 Å². The molecule has 0 radical (unpaired) electrons. The van der Waals surface area contributed by atoms with Crippen LogP contribution in [-0.2, 0) is 14.0 Å². The molecule has 0 saturated carbocycles. The number of rotatable bonds is 4. The van der Waals surface area contributed by atoms with Crippen LogP contribution < -0.4 is 10.2 Å². The lowest BCUT2D eigenvalue weighted by Gasteiger charge is -2.32. The third-order valence-corrected chi connectivity index (χ3v) is 4.24. The molecule has 5 heteroatoms. The molecule has 0 unspecified atom stereocenters. The summed E-state index contributed by atoms with van der Waals surface area (Å²) in [7, 11) is -0.319. The van der Waals surface area contributed by atoms with Crippen molar-refractivity contribution in [3.8, 4) is 5.75 Å². The van der Waals surface area contributed by atoms with E-state index in [1.54, 1.807) is 0 Å². The second kappa shape index (κ2) is 4.76. The van der Waals surface area contributed by atoms with Crippen molar-refractivity contribution in [1.29, 1.82) is 0 Å². The average molecular weight is 276 g/mol. The Morgan fingerprint density at radius 3 is 2.15 bits per heavy atom. The van der Waals surface area contributed by atoms with E-state index in [1.807, 2.05) is 24.3 Å². The Morgan fingerprint density at radius 2 is 1.65 bits per heavy atom. The topological polar surface area (TPSA) is 40.2 Å². The van der Waals surface area contributed by atoms with Crippen LogP contribution in [0.3, 0.4) is 0 Å². The van der Waals surface area contributed by atoms with E-state index < -0.39 is 0 Å². The van der Waals surface area contributed by atoms with Crippen molar-refractivity contribution >= 4 is 12.6 Å². The molecule has 20 heavy (non-hydrogen) atoms. The highest BCUT2D eigenvalue weighted by Crippen LogP contribution is 2.36. The lowest BCUT2D eigenvalue weighted by molar-refractivity contribution is 0.00578. The van der Waals surface area contributed by atoms with Crippen molar-refractivity contribution in [1.82, 2.24) is 0 Å². The Labute approximate surface area is 120 Å². The molecular weight excluding hydrogens is 255 g/mol. The van der Waals surface area contributed by atoms with Gasteiger partial charge in [-0.3, -0.25) is 0 Å². The Balaban J connectivity index is 1.65. The Hall–Kier alpha value is -1.04. The number of hydrogen-bond donors (Lipinski definition) is 0. The third-order valence-electron chi connectivity index (χ3n) is 4.24. The quantitative estimate of drug-likeness (QED) is 0.620. The number of hydrogen-bond acceptors (Lipinski definition) is 4. The summed E-state index contributed by atoms with van der Waals surface area (Å²) in [5.74, 6) is 0.848. The van der Waals surface area contributed by atoms with Crippen LogP contribution in [0.5, 0.6) is 5.75 Å². The first-order valence-electron chi connectivity index (χ1n) is 7.07. The van der Waals surface area contributed by atoms with Gasteiger partial charge in [0, 0.05) is 0 Å². The minimum atomic E-state index is -0.319. The molecule has 0 aromatic heterocycles. The summed E-state index contributed by atoms with van der Waals surface area (Å²) in [6, 6.07) is 7.88. The van der Waals surface area contributed by atoms with Gasteiger partial charge < -0.3 is 18.8 Å². The molecule has 1 aromatic rings. The molecule has 0 spiro atoms. The molecule has 0 bridgehead atoms. The van der Waals surface area contributed by atoms with Crippen molar-refractivity contribution in [3.63, 3.8) is 0 Å². The zero-order valence-corrected chi connectivity index (χ0v) is 12.5. The molecule has 0 amide bonds. The SMILES string of the molecule is CC1(C)OB(c2ccc(OC[C@@H]3CO3)cc2)OC1(C)C. The molecule has 2 heterocycles. The summed E-state index contributed by atoms with van der Waals surface area (Å²) < 4.78 is 22.8. The molecule has 2 aliphatic heterocycles. The van der Waals surface area contributed by atoms with Crippen LogP contribution in [0, 0.1) is 0 Å². The van der Waals surface area contributed by atoms with Crippen LogP contribution in [0.4, 0.5) is 0 Å². The first kappa shape index (κ1) is 13.9. The zero-order valence-electron chi connectivity index (χ0n) is 12.5. The van der Waals surface area contributed by atoms with E-state index in [4.69, 9.17) is 18.8 Å². The number of epoxide rings is 1. The second-order valence-corrected chi connectivity index (χ2v) is 6.42. The third kappa shape index (κ3) is 2.71. The van der Waals surface area contributed by atoms with E-state index in [-0.39, 0.29) is 24.4 Å². The fourth-order valence-corrected chi connectivity index (χ4v) is 2.05. The maximum atomic E-state index is 6.02. The van der Waals surface area contributed by atoms with Crippen LogP contribution in [0.1, 0.15) is 27.7 Å². The van der Waals surface area contributed by atoms with Gasteiger partial charge in [0.2, 0.25) is 0 Å². The Morgan fingerprint density at radius 1 is 1.10 bits per heavy atom. The first-order chi connectivity index (χ1) is 9.37. The number of benzene rings is 1. The standard InChI is InChI=1S/C15H21BO4/c1-14(2)15(3,4)20-16(19-14)11-5-7-12(8-6-11)17-9-13-10-18-13/h5-8,13H,9-10H2,1-4H3/t13-/m1/s1. The first-order valence-corrected chi connectivity index (χ1v) is 7.07. The Kier molecular flexibility index (Phi) is 3.31. The summed E-state index contributed by atoms with van der Waals surface area (Å²) in [6.07, 6.45) is 0.276. The summed E-state index contributed by atoms with van der Waals surface area (Å²) in [5, 5.41) is 0. The van der Waals surface area contributed by atoms with Crippen LogP contribution in [0.15, 0.2) is 24.3 Å². The zero-order chi connectivity index (χ0) is 14.4. The van der Waals surface area contributed by atoms with Crippen LogP contribution in [-0.4, -0.2) is 37.6 Å². The van der Waals surface area contributed by atoms with Crippen molar-refractivity contribution in [2.45, 2.75) is 45.0 Å². The van der Waals surface area contributed by atoms with Gasteiger partial charge in [0.1, 0.15) is 18.5 Å². The van der Waals surface area contributed by atoms with Gasteiger partial charge in [-0.2, -0.15) is 0 Å². The fourth-order valence-electron chi connectivity index (χ4n) is 2.05. The minimum Gasteiger partial charge on any atom is -0.491 e. The molecule has 2 aliphatic rings. The lowest BCUT2D eigenvalue weighted by atomic mass is 9.79. The molecule has 0 N–H and O–H groups in total. The summed E-state index contributed by atoms with van der Waals surface area (Å²) >= 11 is 0. The monoisotopic (exact) mass is 276 g/mol. The molecule has 1 atom stereocenters. The van der Waals surface area contributed by atoms with Gasteiger partial charge in [-0.05, 0) is 45.3 Å². The maximum Gasteiger partial charge on any atom is 0.494 e. The van der Waals surface area contributed by atoms with Crippen LogP contribution in [0.2, 0.25) is 0 Å². The number of ether oxygens (including phenoxy) is 2. The van der Waals surface area contributed by atoms with Gasteiger partial charge in [0.05, 0.1) is 17.8 Å². The molecule has 2 fully saturated rings. The molecule has 1 aromatic carbocycles. The summed E-state index contributed by atoms with van der Waals surface area (Å²) in [5.41, 5.74) is 0.394. The molecule has 2 saturated heterocycles. The molecule has 3 rings (SSSR count). The van der Waals surface area contributed by atoms with Crippen LogP contribution >= 0.6 is 0 Å². The van der Waals surface area contributed by atoms with Gasteiger partial charge in [-0.15, -0.1) is 0 Å². The molecular formula is C15H21BO4. The smallest absolute Gasteiger partial charge is 0.491 e. The van der Waals surface area contributed by atoms with Gasteiger partial charge in [0.15, 0.2) is 0 Å². The highest BCUT2D eigenvalue weighted by Gasteiger charge is 2.51. The van der Waals surface area contributed by atoms with Crippen molar-refractivity contribution in [2.75, 3.05) is 13.2 Å². The maximum absolute atomic E-state index is 6.02. The van der Waals surface area contributed by atoms with Gasteiger partial charge in [0.25, 0.3) is 0 Å². The summed E-state index contributed by atoms with van der Waals surface area (Å²) in [4.78, 5) is 0. The van der Waals surface area contributed by atoms with Crippen molar-refractivity contribution in [2.24, 2.45) is 0 Å². The fraction of sp³-hybridized carbons (Fsp3) is 0.600. The largest absolute Gasteiger partial charge is 0.494 e. The average Bonchev–Trinajstić information content (AvgIpc) is 3.16. The highest BCUT2D eigenvalue weighted by molar-refractivity contribution is 6.62. The van der Waals surface area contributed by atoms with Gasteiger partial charge in [-0.25, -0.2) is 0 Å². The Bertz CT molecular complexity index is 463.